The van der Waals surface area contributed by atoms with E-state index in [0.717, 1.165) is 39.7 Å². The Bertz CT molecular complexity index is 1060. The minimum absolute atomic E-state index is 0.0199. The highest BCUT2D eigenvalue weighted by molar-refractivity contribution is 9.10. The average molecular weight is 455 g/mol. The maximum atomic E-state index is 12.5. The van der Waals surface area contributed by atoms with E-state index in [1.54, 1.807) is 13.3 Å². The van der Waals surface area contributed by atoms with Gasteiger partial charge in [0.25, 0.3) is 0 Å². The average Bonchev–Trinajstić information content (AvgIpc) is 3.18. The number of hydrogen-bond acceptors (Lipinski definition) is 3. The molecular weight excluding hydrogens is 432 g/mol. The van der Waals surface area contributed by atoms with Crippen molar-refractivity contribution in [2.75, 3.05) is 26.7 Å². The molecule has 0 saturated heterocycles. The molecule has 4 rings (SSSR count). The number of fused-ring (bicyclic) bond motifs is 1. The van der Waals surface area contributed by atoms with Crippen molar-refractivity contribution >= 4 is 38.6 Å². The molecule has 3 heterocycles. The third-order valence-corrected chi connectivity index (χ3v) is 5.82. The molecular formula is C22H23BrN4O2. The lowest BCUT2D eigenvalue weighted by Gasteiger charge is -2.26. The molecule has 0 atom stereocenters. The Morgan fingerprint density at radius 2 is 2.28 bits per heavy atom. The Morgan fingerprint density at radius 3 is 3.03 bits per heavy atom. The molecule has 7 heteroatoms. The van der Waals surface area contributed by atoms with E-state index in [2.05, 4.69) is 43.4 Å². The molecule has 0 aliphatic carbocycles. The number of ether oxygens (including phenoxy) is 1. The molecule has 6 nitrogen and oxygen atoms in total. The zero-order valence-corrected chi connectivity index (χ0v) is 17.8. The van der Waals surface area contributed by atoms with E-state index in [-0.39, 0.29) is 6.03 Å². The van der Waals surface area contributed by atoms with Gasteiger partial charge in [-0.05, 0) is 64.2 Å². The zero-order chi connectivity index (χ0) is 20.2. The number of amides is 2. The smallest absolute Gasteiger partial charge is 0.317 e. The molecule has 1 aliphatic rings. The van der Waals surface area contributed by atoms with Gasteiger partial charge in [0.2, 0.25) is 0 Å². The normalized spacial score (nSPS) is 14.0. The Labute approximate surface area is 178 Å². The summed E-state index contributed by atoms with van der Waals surface area (Å²) in [6.45, 7) is 1.92. The minimum Gasteiger partial charge on any atom is -0.496 e. The number of rotatable bonds is 5. The fourth-order valence-corrected chi connectivity index (χ4v) is 4.20. The van der Waals surface area contributed by atoms with E-state index in [1.165, 1.54) is 11.1 Å². The number of aromatic amines is 1. The first-order valence-electron chi connectivity index (χ1n) is 9.62. The van der Waals surface area contributed by atoms with Crippen LogP contribution in [0.1, 0.15) is 17.5 Å². The lowest BCUT2D eigenvalue weighted by Crippen LogP contribution is -2.42. The summed E-state index contributed by atoms with van der Waals surface area (Å²) in [6, 6.07) is 9.97. The summed E-state index contributed by atoms with van der Waals surface area (Å²) in [6.07, 6.45) is 7.53. The van der Waals surface area contributed by atoms with Crippen molar-refractivity contribution in [3.05, 3.63) is 64.4 Å². The van der Waals surface area contributed by atoms with E-state index < -0.39 is 0 Å². The standard InChI is InChI=1S/C22H23BrN4O2/c1-29-20-5-4-15(13-19(20)23)6-10-25-22(28)27-11-7-16(8-12-27)18-14-26-21-17(18)3-2-9-24-21/h2-5,7,9,13-14H,6,8,10-12H2,1H3,(H,24,26)(H,25,28). The van der Waals surface area contributed by atoms with E-state index >= 15 is 0 Å². The fourth-order valence-electron chi connectivity index (χ4n) is 3.61. The summed E-state index contributed by atoms with van der Waals surface area (Å²) in [4.78, 5) is 21.9. The summed E-state index contributed by atoms with van der Waals surface area (Å²) < 4.78 is 6.17. The predicted octanol–water partition coefficient (Wildman–Crippen LogP) is 4.38. The Kier molecular flexibility index (Phi) is 5.85. The van der Waals surface area contributed by atoms with Crippen LogP contribution in [0.2, 0.25) is 0 Å². The largest absolute Gasteiger partial charge is 0.496 e. The first-order chi connectivity index (χ1) is 14.2. The molecule has 29 heavy (non-hydrogen) atoms. The number of hydrogen-bond donors (Lipinski definition) is 2. The summed E-state index contributed by atoms with van der Waals surface area (Å²) in [7, 11) is 1.65. The van der Waals surface area contributed by atoms with Crippen LogP contribution in [0.4, 0.5) is 4.79 Å². The molecule has 0 unspecified atom stereocenters. The van der Waals surface area contributed by atoms with Crippen LogP contribution in [-0.4, -0.2) is 47.6 Å². The van der Waals surface area contributed by atoms with Crippen molar-refractivity contribution in [2.24, 2.45) is 0 Å². The highest BCUT2D eigenvalue weighted by Gasteiger charge is 2.19. The molecule has 150 valence electrons. The van der Waals surface area contributed by atoms with Crippen LogP contribution in [0.25, 0.3) is 16.6 Å². The number of benzene rings is 1. The van der Waals surface area contributed by atoms with Crippen LogP contribution < -0.4 is 10.1 Å². The minimum atomic E-state index is -0.0199. The highest BCUT2D eigenvalue weighted by Crippen LogP contribution is 2.28. The lowest BCUT2D eigenvalue weighted by molar-refractivity contribution is 0.203. The van der Waals surface area contributed by atoms with Crippen LogP contribution in [0.15, 0.2) is 53.3 Å². The van der Waals surface area contributed by atoms with E-state index in [0.29, 0.717) is 19.6 Å². The number of aromatic nitrogens is 2. The highest BCUT2D eigenvalue weighted by atomic mass is 79.9. The van der Waals surface area contributed by atoms with Gasteiger partial charge >= 0.3 is 6.03 Å². The molecule has 2 N–H and O–H groups in total. The Morgan fingerprint density at radius 1 is 1.38 bits per heavy atom. The molecule has 1 aliphatic heterocycles. The number of halogens is 1. The third kappa shape index (κ3) is 4.29. The van der Waals surface area contributed by atoms with Crippen molar-refractivity contribution < 1.29 is 9.53 Å². The lowest BCUT2D eigenvalue weighted by atomic mass is 10.00. The van der Waals surface area contributed by atoms with E-state index in [4.69, 9.17) is 4.74 Å². The van der Waals surface area contributed by atoms with Gasteiger partial charge in [0.05, 0.1) is 11.6 Å². The maximum Gasteiger partial charge on any atom is 0.317 e. The molecule has 0 spiro atoms. The molecule has 2 aromatic heterocycles. The SMILES string of the molecule is COc1ccc(CCNC(=O)N2CC=C(c3c[nH]c4ncccc34)CC2)cc1Br. The first-order valence-corrected chi connectivity index (χ1v) is 10.4. The van der Waals surface area contributed by atoms with Crippen molar-refractivity contribution in [1.82, 2.24) is 20.2 Å². The zero-order valence-electron chi connectivity index (χ0n) is 16.2. The second-order valence-electron chi connectivity index (χ2n) is 6.98. The van der Waals surface area contributed by atoms with Gasteiger partial charge in [-0.2, -0.15) is 0 Å². The van der Waals surface area contributed by atoms with Gasteiger partial charge in [-0.1, -0.05) is 12.1 Å². The number of carbonyl (C=O) groups is 1. The molecule has 0 fully saturated rings. The Balaban J connectivity index is 1.31. The molecule has 1 aromatic carbocycles. The third-order valence-electron chi connectivity index (χ3n) is 5.20. The van der Waals surface area contributed by atoms with Gasteiger partial charge in [-0.25, -0.2) is 9.78 Å². The van der Waals surface area contributed by atoms with Gasteiger partial charge in [0, 0.05) is 43.0 Å². The number of nitrogens with one attached hydrogen (secondary N) is 2. The van der Waals surface area contributed by atoms with E-state index in [9.17, 15) is 4.79 Å². The Hall–Kier alpha value is -2.80. The summed E-state index contributed by atoms with van der Waals surface area (Å²) >= 11 is 3.49. The summed E-state index contributed by atoms with van der Waals surface area (Å²) in [5.41, 5.74) is 4.48. The van der Waals surface area contributed by atoms with Gasteiger partial charge in [0.1, 0.15) is 11.4 Å². The molecule has 2 amide bonds. The van der Waals surface area contributed by atoms with Crippen LogP contribution in [-0.2, 0) is 6.42 Å². The van der Waals surface area contributed by atoms with Crippen molar-refractivity contribution in [2.45, 2.75) is 12.8 Å². The monoisotopic (exact) mass is 454 g/mol. The summed E-state index contributed by atoms with van der Waals surface area (Å²) in [5.74, 6) is 0.805. The van der Waals surface area contributed by atoms with Crippen molar-refractivity contribution in [3.8, 4) is 5.75 Å². The number of pyridine rings is 1. The number of methoxy groups -OCH3 is 1. The van der Waals surface area contributed by atoms with Crippen molar-refractivity contribution in [3.63, 3.8) is 0 Å². The van der Waals surface area contributed by atoms with Gasteiger partial charge in [0.15, 0.2) is 0 Å². The van der Waals surface area contributed by atoms with Crippen LogP contribution in [0.3, 0.4) is 0 Å². The fraction of sp³-hybridized carbons (Fsp3) is 0.273. The maximum absolute atomic E-state index is 12.5. The first kappa shape index (κ1) is 19.5. The van der Waals surface area contributed by atoms with Crippen LogP contribution in [0.5, 0.6) is 5.75 Å². The second-order valence-corrected chi connectivity index (χ2v) is 7.83. The second kappa shape index (κ2) is 8.69. The van der Waals surface area contributed by atoms with E-state index in [1.807, 2.05) is 35.4 Å². The number of H-pyrrole nitrogens is 1. The molecule has 0 bridgehead atoms. The number of carbonyl (C=O) groups excluding carboxylic acids is 1. The molecule has 0 saturated carbocycles. The summed E-state index contributed by atoms with van der Waals surface area (Å²) in [5, 5.41) is 4.15. The van der Waals surface area contributed by atoms with Gasteiger partial charge in [-0.15, -0.1) is 0 Å². The van der Waals surface area contributed by atoms with Gasteiger partial charge < -0.3 is 19.9 Å². The quantitative estimate of drug-likeness (QED) is 0.600. The van der Waals surface area contributed by atoms with Crippen LogP contribution in [0, 0.1) is 0 Å². The van der Waals surface area contributed by atoms with Gasteiger partial charge in [-0.3, -0.25) is 0 Å². The number of nitrogens with zero attached hydrogens (tertiary/aromatic N) is 2. The topological polar surface area (TPSA) is 70.2 Å². The number of urea groups is 1. The predicted molar refractivity (Wildman–Crippen MR) is 118 cm³/mol. The molecule has 0 radical (unpaired) electrons. The van der Waals surface area contributed by atoms with Crippen LogP contribution >= 0.6 is 15.9 Å². The molecule has 3 aromatic rings. The van der Waals surface area contributed by atoms with Crippen molar-refractivity contribution in [1.29, 1.82) is 0 Å².